The van der Waals surface area contributed by atoms with Gasteiger partial charge in [-0.05, 0) is 0 Å². The van der Waals surface area contributed by atoms with E-state index in [1.165, 1.54) is 0 Å². The average Bonchev–Trinajstić information content (AvgIpc) is 2.45. The first kappa shape index (κ1) is 18.7. The van der Waals surface area contributed by atoms with Gasteiger partial charge < -0.3 is 46.4 Å². The molecule has 11 nitrogen and oxygen atoms in total. The van der Waals surface area contributed by atoms with Gasteiger partial charge in [-0.15, -0.1) is 0 Å². The van der Waals surface area contributed by atoms with Crippen molar-refractivity contribution in [1.82, 2.24) is 5.32 Å². The van der Waals surface area contributed by atoms with Gasteiger partial charge in [0.15, 0.2) is 0 Å². The molecule has 7 atom stereocenters. The maximum atomic E-state index is 11.2. The van der Waals surface area contributed by atoms with E-state index in [9.17, 15) is 30.0 Å². The van der Waals surface area contributed by atoms with Crippen LogP contribution in [0, 0.1) is 0 Å². The Labute approximate surface area is 124 Å². The molecule has 1 aliphatic heterocycles. The van der Waals surface area contributed by atoms with Crippen molar-refractivity contribution in [3.63, 3.8) is 0 Å². The van der Waals surface area contributed by atoms with Crippen LogP contribution >= 0.6 is 0 Å². The van der Waals surface area contributed by atoms with Gasteiger partial charge in [0.05, 0.1) is 24.8 Å². The monoisotopic (exact) mass is 324 g/mol. The van der Waals surface area contributed by atoms with E-state index in [1.807, 2.05) is 0 Å². The van der Waals surface area contributed by atoms with Gasteiger partial charge in [-0.2, -0.15) is 0 Å². The number of carboxylic acids is 1. The molecule has 0 aromatic rings. The molecule has 0 aliphatic carbocycles. The van der Waals surface area contributed by atoms with Crippen LogP contribution in [-0.4, -0.2) is 91.4 Å². The van der Waals surface area contributed by atoms with Crippen LogP contribution in [0.25, 0.3) is 0 Å². The topological polar surface area (TPSA) is 203 Å². The lowest BCUT2D eigenvalue weighted by molar-refractivity contribution is -0.302. The number of amides is 1. The molecule has 1 saturated heterocycles. The number of carbonyl (C=O) groups excluding carboxylic acids is 1. The zero-order valence-electron chi connectivity index (χ0n) is 11.7. The van der Waals surface area contributed by atoms with Crippen LogP contribution in [0.2, 0.25) is 0 Å². The van der Waals surface area contributed by atoms with E-state index in [0.29, 0.717) is 0 Å². The first-order chi connectivity index (χ1) is 10.1. The summed E-state index contributed by atoms with van der Waals surface area (Å²) in [5, 5.41) is 59.4. The molecule has 0 bridgehead atoms. The highest BCUT2D eigenvalue weighted by molar-refractivity contribution is 5.77. The summed E-state index contributed by atoms with van der Waals surface area (Å²) in [5.41, 5.74) is 5.44. The summed E-state index contributed by atoms with van der Waals surface area (Å²) in [6.45, 7) is 0.184. The summed E-state index contributed by atoms with van der Waals surface area (Å²) in [5.74, 6) is -5.62. The van der Waals surface area contributed by atoms with Crippen molar-refractivity contribution in [2.75, 3.05) is 6.61 Å². The van der Waals surface area contributed by atoms with Crippen molar-refractivity contribution >= 4 is 11.9 Å². The summed E-state index contributed by atoms with van der Waals surface area (Å²) < 4.78 is 4.85. The van der Waals surface area contributed by atoms with Crippen LogP contribution in [0.1, 0.15) is 6.92 Å². The summed E-state index contributed by atoms with van der Waals surface area (Å²) in [7, 11) is 0. The molecule has 0 radical (unpaired) electrons. The van der Waals surface area contributed by atoms with Gasteiger partial charge in [-0.25, -0.2) is 4.79 Å². The molecule has 1 heterocycles. The third-order valence-electron chi connectivity index (χ3n) is 3.45. The highest BCUT2D eigenvalue weighted by Crippen LogP contribution is 2.29. The maximum absolute atomic E-state index is 11.2. The maximum Gasteiger partial charge on any atom is 0.366 e. The lowest BCUT2D eigenvalue weighted by Gasteiger charge is -2.47. The summed E-state index contributed by atoms with van der Waals surface area (Å²) in [6.07, 6.45) is -7.21. The molecule has 0 aromatic heterocycles. The van der Waals surface area contributed by atoms with Crippen molar-refractivity contribution in [2.45, 2.75) is 49.2 Å². The van der Waals surface area contributed by atoms with Crippen LogP contribution in [-0.2, 0) is 14.3 Å². The van der Waals surface area contributed by atoms with Gasteiger partial charge in [0.25, 0.3) is 5.79 Å². The third kappa shape index (κ3) is 3.35. The molecule has 1 amide bonds. The lowest BCUT2D eigenvalue weighted by Crippen LogP contribution is -2.75. The fourth-order valence-electron chi connectivity index (χ4n) is 2.21. The molecule has 11 heteroatoms. The van der Waals surface area contributed by atoms with E-state index in [2.05, 4.69) is 5.32 Å². The quantitative estimate of drug-likeness (QED) is 0.242. The minimum atomic E-state index is -3.05. The van der Waals surface area contributed by atoms with E-state index in [0.717, 1.165) is 6.92 Å². The van der Waals surface area contributed by atoms with Gasteiger partial charge in [-0.3, -0.25) is 4.79 Å². The molecule has 22 heavy (non-hydrogen) atoms. The number of carbonyl (C=O) groups is 2. The van der Waals surface area contributed by atoms with Crippen LogP contribution in [0.4, 0.5) is 0 Å². The number of carboxylic acid groups (broad SMARTS) is 1. The van der Waals surface area contributed by atoms with Crippen LogP contribution in [0.3, 0.4) is 0 Å². The Morgan fingerprint density at radius 3 is 2.36 bits per heavy atom. The molecule has 128 valence electrons. The number of aliphatic hydroxyl groups excluding tert-OH is 4. The highest BCUT2D eigenvalue weighted by Gasteiger charge is 2.59. The van der Waals surface area contributed by atoms with Gasteiger partial charge in [-0.1, -0.05) is 0 Å². The smallest absolute Gasteiger partial charge is 0.366 e. The van der Waals surface area contributed by atoms with Crippen LogP contribution in [0.15, 0.2) is 0 Å². The van der Waals surface area contributed by atoms with Crippen molar-refractivity contribution < 1.29 is 45.0 Å². The van der Waals surface area contributed by atoms with Crippen molar-refractivity contribution in [1.29, 1.82) is 0 Å². The molecular formula is C11H20N2O9. The minimum Gasteiger partial charge on any atom is -0.477 e. The van der Waals surface area contributed by atoms with E-state index >= 15 is 0 Å². The number of ether oxygens (including phenoxy) is 1. The lowest BCUT2D eigenvalue weighted by atomic mass is 9.85. The van der Waals surface area contributed by atoms with Gasteiger partial charge in [0.2, 0.25) is 5.91 Å². The van der Waals surface area contributed by atoms with Gasteiger partial charge in [0, 0.05) is 6.92 Å². The van der Waals surface area contributed by atoms with Gasteiger partial charge in [0.1, 0.15) is 18.3 Å². The van der Waals surface area contributed by atoms with Crippen molar-refractivity contribution in [3.8, 4) is 0 Å². The highest BCUT2D eigenvalue weighted by atomic mass is 16.7. The number of rotatable bonds is 5. The average molecular weight is 324 g/mol. The fourth-order valence-corrected chi connectivity index (χ4v) is 2.21. The Morgan fingerprint density at radius 1 is 1.41 bits per heavy atom. The number of hydrogen-bond donors (Lipinski definition) is 8. The molecule has 0 aromatic carbocycles. The Morgan fingerprint density at radius 2 is 1.95 bits per heavy atom. The second-order valence-corrected chi connectivity index (χ2v) is 5.07. The Balaban J connectivity index is 3.19. The molecule has 2 unspecified atom stereocenters. The predicted octanol–water partition coefficient (Wildman–Crippen LogP) is -4.93. The Kier molecular flexibility index (Phi) is 5.81. The van der Waals surface area contributed by atoms with E-state index in [1.54, 1.807) is 0 Å². The number of nitrogens with one attached hydrogen (secondary N) is 1. The second kappa shape index (κ2) is 6.83. The number of nitrogens with two attached hydrogens (primary N) is 1. The summed E-state index contributed by atoms with van der Waals surface area (Å²) >= 11 is 0. The SMILES string of the molecule is CC(=O)N[C@H]1[C@H]([C@H](O)[C@H](O)CO)OC(O)(C(=O)O)C(N)[C@@H]1O. The molecule has 0 saturated carbocycles. The van der Waals surface area contributed by atoms with E-state index in [-0.39, 0.29) is 0 Å². The zero-order chi connectivity index (χ0) is 17.2. The summed E-state index contributed by atoms with van der Waals surface area (Å²) in [4.78, 5) is 22.3. The predicted molar refractivity (Wildman–Crippen MR) is 68.1 cm³/mol. The molecule has 1 fully saturated rings. The number of aliphatic hydroxyl groups is 5. The summed E-state index contributed by atoms with van der Waals surface area (Å²) in [6, 6.07) is -3.25. The van der Waals surface area contributed by atoms with Crippen molar-refractivity contribution in [3.05, 3.63) is 0 Å². The Hall–Kier alpha value is -1.34. The molecule has 0 spiro atoms. The first-order valence-electron chi connectivity index (χ1n) is 6.37. The largest absolute Gasteiger partial charge is 0.477 e. The molecule has 9 N–H and O–H groups in total. The molecular weight excluding hydrogens is 304 g/mol. The van der Waals surface area contributed by atoms with Crippen LogP contribution in [0.5, 0.6) is 0 Å². The van der Waals surface area contributed by atoms with Crippen molar-refractivity contribution in [2.24, 2.45) is 5.73 Å². The number of aliphatic carboxylic acids is 1. The second-order valence-electron chi connectivity index (χ2n) is 5.07. The molecule has 1 aliphatic rings. The normalized spacial score (nSPS) is 38.1. The number of hydrogen-bond acceptors (Lipinski definition) is 9. The zero-order valence-corrected chi connectivity index (χ0v) is 11.7. The first-order valence-corrected chi connectivity index (χ1v) is 6.37. The van der Waals surface area contributed by atoms with Crippen LogP contribution < -0.4 is 11.1 Å². The molecule has 1 rings (SSSR count). The van der Waals surface area contributed by atoms with E-state index < -0.39 is 60.8 Å². The fraction of sp³-hybridized carbons (Fsp3) is 0.818. The van der Waals surface area contributed by atoms with Gasteiger partial charge >= 0.3 is 5.97 Å². The third-order valence-corrected chi connectivity index (χ3v) is 3.45. The Bertz CT molecular complexity index is 434. The minimum absolute atomic E-state index is 0.656. The van der Waals surface area contributed by atoms with E-state index in [4.69, 9.17) is 20.7 Å². The standard InChI is InChI=1S/C11H20N2O9/c1-3(15)13-5-7(18)9(12)11(21,10(19)20)22-8(5)6(17)4(16)2-14/h4-9,14,16-18,21H,2,12H2,1H3,(H,13,15)(H,19,20)/t4-,5-,6-,7-,8-,9?,11?/m1/s1.